The number of anilines is 1. The second-order valence-electron chi connectivity index (χ2n) is 6.55. The molecule has 0 radical (unpaired) electrons. The van der Waals surface area contributed by atoms with Gasteiger partial charge in [0.25, 0.3) is 0 Å². The number of carbonyl (C=O) groups excluding carboxylic acids is 1. The Kier molecular flexibility index (Phi) is 4.65. The van der Waals surface area contributed by atoms with Gasteiger partial charge in [0.1, 0.15) is 6.04 Å². The molecule has 1 amide bonds. The van der Waals surface area contributed by atoms with Crippen molar-refractivity contribution in [3.63, 3.8) is 0 Å². The molecule has 2 N–H and O–H groups in total. The van der Waals surface area contributed by atoms with Crippen LogP contribution in [-0.4, -0.2) is 11.9 Å². The van der Waals surface area contributed by atoms with E-state index in [1.54, 1.807) is 0 Å². The second kappa shape index (κ2) is 6.86. The largest absolute Gasteiger partial charge is 0.370 e. The Morgan fingerprint density at radius 1 is 0.957 bits per heavy atom. The van der Waals surface area contributed by atoms with Crippen LogP contribution in [0.15, 0.2) is 54.6 Å². The molecule has 2 aromatic carbocycles. The van der Waals surface area contributed by atoms with Crippen LogP contribution in [0.1, 0.15) is 49.8 Å². The molecule has 120 valence electrons. The fourth-order valence-electron chi connectivity index (χ4n) is 2.59. The van der Waals surface area contributed by atoms with Crippen LogP contribution in [0, 0.1) is 0 Å². The van der Waals surface area contributed by atoms with Crippen LogP contribution < -0.4 is 10.6 Å². The SMILES string of the molecule is CC(C)c1ccc(NC(C(=O)NC2CC2)c2ccccc2)cc1. The third kappa shape index (κ3) is 4.13. The van der Waals surface area contributed by atoms with E-state index in [9.17, 15) is 4.79 Å². The summed E-state index contributed by atoms with van der Waals surface area (Å²) in [7, 11) is 0. The highest BCUT2D eigenvalue weighted by atomic mass is 16.2. The van der Waals surface area contributed by atoms with Crippen LogP contribution in [0.3, 0.4) is 0 Å². The first-order valence-electron chi connectivity index (χ1n) is 8.35. The monoisotopic (exact) mass is 308 g/mol. The number of nitrogens with one attached hydrogen (secondary N) is 2. The van der Waals surface area contributed by atoms with Crippen molar-refractivity contribution in [1.82, 2.24) is 5.32 Å². The summed E-state index contributed by atoms with van der Waals surface area (Å²) < 4.78 is 0. The number of benzene rings is 2. The minimum Gasteiger partial charge on any atom is -0.370 e. The normalized spacial score (nSPS) is 15.3. The van der Waals surface area contributed by atoms with Crippen LogP contribution in [0.2, 0.25) is 0 Å². The van der Waals surface area contributed by atoms with Crippen molar-refractivity contribution in [3.8, 4) is 0 Å². The maximum atomic E-state index is 12.6. The Labute approximate surface area is 138 Å². The summed E-state index contributed by atoms with van der Waals surface area (Å²) in [5.41, 5.74) is 3.25. The van der Waals surface area contributed by atoms with Gasteiger partial charge < -0.3 is 10.6 Å². The fraction of sp³-hybridized carbons (Fsp3) is 0.350. The zero-order valence-corrected chi connectivity index (χ0v) is 13.8. The third-order valence-corrected chi connectivity index (χ3v) is 4.21. The van der Waals surface area contributed by atoms with Gasteiger partial charge in [-0.05, 0) is 42.0 Å². The Morgan fingerprint density at radius 2 is 1.61 bits per heavy atom. The maximum Gasteiger partial charge on any atom is 0.247 e. The zero-order chi connectivity index (χ0) is 16.2. The lowest BCUT2D eigenvalue weighted by Gasteiger charge is -2.20. The molecule has 1 aliphatic rings. The number of hydrogen-bond donors (Lipinski definition) is 2. The third-order valence-electron chi connectivity index (χ3n) is 4.21. The molecule has 1 atom stereocenters. The quantitative estimate of drug-likeness (QED) is 0.838. The summed E-state index contributed by atoms with van der Waals surface area (Å²) in [4.78, 5) is 12.6. The van der Waals surface area contributed by atoms with Gasteiger partial charge in [-0.3, -0.25) is 4.79 Å². The predicted molar refractivity (Wildman–Crippen MR) is 94.5 cm³/mol. The van der Waals surface area contributed by atoms with Gasteiger partial charge in [0.15, 0.2) is 0 Å². The second-order valence-corrected chi connectivity index (χ2v) is 6.55. The average Bonchev–Trinajstić information content (AvgIpc) is 3.37. The van der Waals surface area contributed by atoms with E-state index in [4.69, 9.17) is 0 Å². The van der Waals surface area contributed by atoms with Gasteiger partial charge in [-0.25, -0.2) is 0 Å². The van der Waals surface area contributed by atoms with E-state index in [-0.39, 0.29) is 11.9 Å². The summed E-state index contributed by atoms with van der Waals surface area (Å²) in [6.45, 7) is 4.36. The Balaban J connectivity index is 1.78. The van der Waals surface area contributed by atoms with Crippen molar-refractivity contribution in [2.45, 2.75) is 44.7 Å². The van der Waals surface area contributed by atoms with Gasteiger partial charge in [-0.1, -0.05) is 56.3 Å². The molecule has 0 aliphatic heterocycles. The molecule has 2 aromatic rings. The van der Waals surface area contributed by atoms with Gasteiger partial charge in [0.05, 0.1) is 0 Å². The van der Waals surface area contributed by atoms with Crippen molar-refractivity contribution in [2.24, 2.45) is 0 Å². The lowest BCUT2D eigenvalue weighted by atomic mass is 10.0. The summed E-state index contributed by atoms with van der Waals surface area (Å²) in [6, 6.07) is 18.2. The van der Waals surface area contributed by atoms with Gasteiger partial charge in [0, 0.05) is 11.7 Å². The minimum atomic E-state index is -0.360. The number of rotatable bonds is 6. The molecule has 0 aromatic heterocycles. The first kappa shape index (κ1) is 15.6. The van der Waals surface area contributed by atoms with Crippen molar-refractivity contribution in [2.75, 3.05) is 5.32 Å². The van der Waals surface area contributed by atoms with E-state index in [1.807, 2.05) is 30.3 Å². The molecule has 0 saturated heterocycles. The minimum absolute atomic E-state index is 0.0478. The van der Waals surface area contributed by atoms with E-state index in [1.165, 1.54) is 5.56 Å². The lowest BCUT2D eigenvalue weighted by molar-refractivity contribution is -0.122. The number of hydrogen-bond acceptors (Lipinski definition) is 2. The van der Waals surface area contributed by atoms with Crippen molar-refractivity contribution < 1.29 is 4.79 Å². The molecule has 23 heavy (non-hydrogen) atoms. The van der Waals surface area contributed by atoms with Crippen molar-refractivity contribution in [3.05, 3.63) is 65.7 Å². The van der Waals surface area contributed by atoms with Crippen LogP contribution >= 0.6 is 0 Å². The Morgan fingerprint density at radius 3 is 2.17 bits per heavy atom. The van der Waals surface area contributed by atoms with Crippen molar-refractivity contribution >= 4 is 11.6 Å². The predicted octanol–water partition coefficient (Wildman–Crippen LogP) is 4.24. The Hall–Kier alpha value is -2.29. The summed E-state index contributed by atoms with van der Waals surface area (Å²) in [5.74, 6) is 0.554. The van der Waals surface area contributed by atoms with E-state index in [0.29, 0.717) is 12.0 Å². The van der Waals surface area contributed by atoms with Gasteiger partial charge >= 0.3 is 0 Å². The number of carbonyl (C=O) groups is 1. The molecule has 0 spiro atoms. The molecule has 3 rings (SSSR count). The summed E-state index contributed by atoms with van der Waals surface area (Å²) in [6.07, 6.45) is 2.19. The van der Waals surface area contributed by atoms with E-state index in [2.05, 4.69) is 48.7 Å². The van der Waals surface area contributed by atoms with Crippen LogP contribution in [0.4, 0.5) is 5.69 Å². The van der Waals surface area contributed by atoms with E-state index >= 15 is 0 Å². The molecule has 1 unspecified atom stereocenters. The maximum absolute atomic E-state index is 12.6. The van der Waals surface area contributed by atoms with Gasteiger partial charge in [-0.15, -0.1) is 0 Å². The zero-order valence-electron chi connectivity index (χ0n) is 13.8. The highest BCUT2D eigenvalue weighted by Crippen LogP contribution is 2.25. The van der Waals surface area contributed by atoms with Crippen LogP contribution in [-0.2, 0) is 4.79 Å². The highest BCUT2D eigenvalue weighted by molar-refractivity contribution is 5.86. The molecule has 3 nitrogen and oxygen atoms in total. The molecule has 1 saturated carbocycles. The lowest BCUT2D eigenvalue weighted by Crippen LogP contribution is -2.34. The molecule has 1 aliphatic carbocycles. The first-order valence-corrected chi connectivity index (χ1v) is 8.35. The topological polar surface area (TPSA) is 41.1 Å². The van der Waals surface area contributed by atoms with E-state index in [0.717, 1.165) is 24.1 Å². The van der Waals surface area contributed by atoms with Crippen LogP contribution in [0.25, 0.3) is 0 Å². The van der Waals surface area contributed by atoms with Gasteiger partial charge in [-0.2, -0.15) is 0 Å². The highest BCUT2D eigenvalue weighted by Gasteiger charge is 2.28. The average molecular weight is 308 g/mol. The molecule has 1 fully saturated rings. The molecule has 3 heteroatoms. The number of amides is 1. The van der Waals surface area contributed by atoms with Crippen molar-refractivity contribution in [1.29, 1.82) is 0 Å². The first-order chi connectivity index (χ1) is 11.1. The molecule has 0 bridgehead atoms. The summed E-state index contributed by atoms with van der Waals surface area (Å²) >= 11 is 0. The van der Waals surface area contributed by atoms with E-state index < -0.39 is 0 Å². The Bertz CT molecular complexity index is 645. The molecule has 0 heterocycles. The molecular weight excluding hydrogens is 284 g/mol. The summed E-state index contributed by atoms with van der Waals surface area (Å²) in [5, 5.41) is 6.48. The smallest absolute Gasteiger partial charge is 0.247 e. The standard InChI is InChI=1S/C20H24N2O/c1-14(2)15-8-10-17(11-9-15)21-19(16-6-4-3-5-7-16)20(23)22-18-12-13-18/h3-11,14,18-19,21H,12-13H2,1-2H3,(H,22,23). The molecular formula is C20H24N2O. The van der Waals surface area contributed by atoms with Crippen LogP contribution in [0.5, 0.6) is 0 Å². The van der Waals surface area contributed by atoms with Gasteiger partial charge in [0.2, 0.25) is 5.91 Å². The fourth-order valence-corrected chi connectivity index (χ4v) is 2.59.